The van der Waals surface area contributed by atoms with Crippen molar-refractivity contribution in [3.63, 3.8) is 0 Å². The van der Waals surface area contributed by atoms with Gasteiger partial charge in [-0.1, -0.05) is 6.42 Å². The fourth-order valence-electron chi connectivity index (χ4n) is 3.27. The van der Waals surface area contributed by atoms with Gasteiger partial charge >= 0.3 is 12.0 Å². The summed E-state index contributed by atoms with van der Waals surface area (Å²) in [6, 6.07) is 0.287. The van der Waals surface area contributed by atoms with Gasteiger partial charge in [-0.2, -0.15) is 11.8 Å². The number of ketones is 2. The Hall–Kier alpha value is -1.57. The molecule has 0 aromatic carbocycles. The summed E-state index contributed by atoms with van der Waals surface area (Å²) in [5, 5.41) is 6.20. The summed E-state index contributed by atoms with van der Waals surface area (Å²) in [5.41, 5.74) is 0. The van der Waals surface area contributed by atoms with Gasteiger partial charge < -0.3 is 15.4 Å². The number of carbonyl (C=O) groups excluding carboxylic acids is 4. The number of thioether (sulfide) groups is 1. The fraction of sp³-hybridized carbons (Fsp3) is 0.733. The molecule has 0 spiro atoms. The van der Waals surface area contributed by atoms with Gasteiger partial charge in [0.1, 0.15) is 0 Å². The average molecular weight is 340 g/mol. The molecular formula is C15H20N2O5S. The van der Waals surface area contributed by atoms with Gasteiger partial charge in [0.25, 0.3) is 0 Å². The van der Waals surface area contributed by atoms with Crippen LogP contribution in [0.5, 0.6) is 0 Å². The highest BCUT2D eigenvalue weighted by molar-refractivity contribution is 8.00. The van der Waals surface area contributed by atoms with E-state index >= 15 is 0 Å². The summed E-state index contributed by atoms with van der Waals surface area (Å²) >= 11 is 1.84. The Balaban J connectivity index is 1.34. The quantitative estimate of drug-likeness (QED) is 0.317. The van der Waals surface area contributed by atoms with E-state index in [1.807, 2.05) is 11.8 Å². The molecule has 2 N–H and O–H groups in total. The third-order valence-corrected chi connectivity index (χ3v) is 6.02. The molecule has 0 unspecified atom stereocenters. The van der Waals surface area contributed by atoms with Crippen LogP contribution in [0.15, 0.2) is 0 Å². The standard InChI is InChI=1S/C15H20N2O5S/c18-9-5-6-10(19)14(9)22-12(20)4-2-1-3-11-13-8(7-23-11)16-15(21)17-13/h8,11,13-14H,1-7H2,(H2,16,17,21)/t8-,11-,13-/m0/s1. The Labute approximate surface area is 138 Å². The van der Waals surface area contributed by atoms with Crippen molar-refractivity contribution in [2.45, 2.75) is 62.0 Å². The first-order valence-corrected chi connectivity index (χ1v) is 9.03. The molecule has 126 valence electrons. The Bertz CT molecular complexity index is 522. The number of Topliss-reactive ketones (excluding diaryl/α,β-unsaturated/α-hetero) is 2. The van der Waals surface area contributed by atoms with Crippen molar-refractivity contribution in [3.8, 4) is 0 Å². The van der Waals surface area contributed by atoms with Gasteiger partial charge in [0.2, 0.25) is 6.10 Å². The van der Waals surface area contributed by atoms with Crippen molar-refractivity contribution in [1.82, 2.24) is 10.6 Å². The number of carbonyl (C=O) groups is 4. The zero-order valence-electron chi connectivity index (χ0n) is 12.7. The summed E-state index contributed by atoms with van der Waals surface area (Å²) in [7, 11) is 0. The zero-order chi connectivity index (χ0) is 16.4. The maximum absolute atomic E-state index is 11.7. The van der Waals surface area contributed by atoms with Crippen molar-refractivity contribution in [2.75, 3.05) is 5.75 Å². The number of urea groups is 1. The zero-order valence-corrected chi connectivity index (χ0v) is 13.5. The SMILES string of the molecule is O=C1N[C@H]2[C@H](CS[C@H]2CCCCC(=O)OC2C(=O)CCC2=O)N1. The van der Waals surface area contributed by atoms with Crippen LogP contribution < -0.4 is 10.6 Å². The molecule has 0 aromatic heterocycles. The smallest absolute Gasteiger partial charge is 0.315 e. The fourth-order valence-corrected chi connectivity index (χ4v) is 4.81. The largest absolute Gasteiger partial charge is 0.446 e. The van der Waals surface area contributed by atoms with Gasteiger partial charge in [0.05, 0.1) is 12.1 Å². The molecule has 3 rings (SSSR count). The topological polar surface area (TPSA) is 102 Å². The Morgan fingerprint density at radius 2 is 1.87 bits per heavy atom. The molecular weight excluding hydrogens is 320 g/mol. The van der Waals surface area contributed by atoms with E-state index in [0.29, 0.717) is 11.7 Å². The lowest BCUT2D eigenvalue weighted by molar-refractivity contribution is -0.157. The average Bonchev–Trinajstić information content (AvgIpc) is 3.14. The minimum atomic E-state index is -1.16. The number of rotatable bonds is 6. The number of ether oxygens (including phenoxy) is 1. The number of esters is 1. The number of hydrogen-bond donors (Lipinski definition) is 2. The minimum Gasteiger partial charge on any atom is -0.446 e. The molecule has 3 fully saturated rings. The van der Waals surface area contributed by atoms with E-state index in [4.69, 9.17) is 4.74 Å². The predicted octanol–water partition coefficient (Wildman–Crippen LogP) is 0.556. The van der Waals surface area contributed by atoms with Gasteiger partial charge in [-0.15, -0.1) is 0 Å². The first-order chi connectivity index (χ1) is 11.0. The molecule has 8 heteroatoms. The molecule has 23 heavy (non-hydrogen) atoms. The van der Waals surface area contributed by atoms with Gasteiger partial charge in [0.15, 0.2) is 11.6 Å². The summed E-state index contributed by atoms with van der Waals surface area (Å²) in [5.74, 6) is -0.143. The monoisotopic (exact) mass is 340 g/mol. The van der Waals surface area contributed by atoms with Crippen molar-refractivity contribution in [1.29, 1.82) is 0 Å². The second kappa shape index (κ2) is 6.90. The molecule has 0 aromatic rings. The molecule has 1 saturated carbocycles. The molecule has 3 aliphatic rings. The maximum Gasteiger partial charge on any atom is 0.315 e. The van der Waals surface area contributed by atoms with Crippen LogP contribution in [0, 0.1) is 0 Å². The molecule has 2 saturated heterocycles. The number of amides is 2. The lowest BCUT2D eigenvalue weighted by Crippen LogP contribution is -2.36. The van der Waals surface area contributed by atoms with Crippen LogP contribution >= 0.6 is 11.8 Å². The van der Waals surface area contributed by atoms with Crippen molar-refractivity contribution in [2.24, 2.45) is 0 Å². The van der Waals surface area contributed by atoms with Gasteiger partial charge in [0, 0.05) is 30.3 Å². The highest BCUT2D eigenvalue weighted by Gasteiger charge is 2.42. The number of hydrogen-bond acceptors (Lipinski definition) is 6. The van der Waals surface area contributed by atoms with Crippen molar-refractivity contribution in [3.05, 3.63) is 0 Å². The molecule has 3 atom stereocenters. The molecule has 7 nitrogen and oxygen atoms in total. The summed E-state index contributed by atoms with van der Waals surface area (Å²) in [4.78, 5) is 45.8. The Morgan fingerprint density at radius 1 is 1.13 bits per heavy atom. The van der Waals surface area contributed by atoms with E-state index < -0.39 is 12.1 Å². The van der Waals surface area contributed by atoms with Gasteiger partial charge in [-0.05, 0) is 12.8 Å². The normalized spacial score (nSPS) is 30.3. The van der Waals surface area contributed by atoms with Gasteiger partial charge in [-0.25, -0.2) is 4.79 Å². The maximum atomic E-state index is 11.7. The number of nitrogens with one attached hydrogen (secondary N) is 2. The number of fused-ring (bicyclic) bond motifs is 1. The highest BCUT2D eigenvalue weighted by Crippen LogP contribution is 2.33. The second-order valence-electron chi connectivity index (χ2n) is 6.17. The van der Waals surface area contributed by atoms with E-state index in [9.17, 15) is 19.2 Å². The van der Waals surface area contributed by atoms with E-state index in [0.717, 1.165) is 18.6 Å². The van der Waals surface area contributed by atoms with Crippen LogP contribution in [0.25, 0.3) is 0 Å². The highest BCUT2D eigenvalue weighted by atomic mass is 32.2. The molecule has 2 heterocycles. The molecule has 2 aliphatic heterocycles. The van der Waals surface area contributed by atoms with Crippen LogP contribution in [-0.4, -0.2) is 52.8 Å². The van der Waals surface area contributed by atoms with Crippen LogP contribution in [0.1, 0.15) is 38.5 Å². The third-order valence-electron chi connectivity index (χ3n) is 4.51. The second-order valence-corrected chi connectivity index (χ2v) is 7.44. The van der Waals surface area contributed by atoms with E-state index in [1.54, 1.807) is 0 Å². The van der Waals surface area contributed by atoms with E-state index in [2.05, 4.69) is 10.6 Å². The molecule has 2 amide bonds. The first-order valence-electron chi connectivity index (χ1n) is 7.98. The molecule has 0 radical (unpaired) electrons. The first kappa shape index (κ1) is 16.3. The summed E-state index contributed by atoms with van der Waals surface area (Å²) in [6.07, 6.45) is 1.83. The van der Waals surface area contributed by atoms with Crippen LogP contribution in [-0.2, 0) is 19.1 Å². The van der Waals surface area contributed by atoms with Gasteiger partial charge in [-0.3, -0.25) is 14.4 Å². The van der Waals surface area contributed by atoms with Crippen molar-refractivity contribution < 1.29 is 23.9 Å². The summed E-state index contributed by atoms with van der Waals surface area (Å²) < 4.78 is 4.98. The van der Waals surface area contributed by atoms with E-state index in [-0.39, 0.29) is 48.9 Å². The van der Waals surface area contributed by atoms with Crippen LogP contribution in [0.2, 0.25) is 0 Å². The van der Waals surface area contributed by atoms with Crippen LogP contribution in [0.3, 0.4) is 0 Å². The predicted molar refractivity (Wildman–Crippen MR) is 83.1 cm³/mol. The Kier molecular flexibility index (Phi) is 4.89. The third kappa shape index (κ3) is 3.68. The lowest BCUT2D eigenvalue weighted by atomic mass is 10.0. The minimum absolute atomic E-state index is 0.0974. The van der Waals surface area contributed by atoms with E-state index in [1.165, 1.54) is 0 Å². The molecule has 1 aliphatic carbocycles. The number of unbranched alkanes of at least 4 members (excludes halogenated alkanes) is 1. The van der Waals surface area contributed by atoms with Crippen molar-refractivity contribution >= 4 is 35.3 Å². The summed E-state index contributed by atoms with van der Waals surface area (Å²) in [6.45, 7) is 0. The van der Waals surface area contributed by atoms with Crippen LogP contribution in [0.4, 0.5) is 4.79 Å². The Morgan fingerprint density at radius 3 is 2.61 bits per heavy atom. The molecule has 0 bridgehead atoms. The lowest BCUT2D eigenvalue weighted by Gasteiger charge is -2.16.